The van der Waals surface area contributed by atoms with Crippen LogP contribution in [0.1, 0.15) is 57.4 Å². The lowest BCUT2D eigenvalue weighted by atomic mass is 9.88. The molecule has 2 amide bonds. The van der Waals surface area contributed by atoms with Gasteiger partial charge in [0.15, 0.2) is 0 Å². The first-order valence-corrected chi connectivity index (χ1v) is 9.42. The van der Waals surface area contributed by atoms with Crippen LogP contribution in [0.15, 0.2) is 12.1 Å². The van der Waals surface area contributed by atoms with Crippen molar-refractivity contribution >= 4 is 17.5 Å². The number of benzene rings is 1. The molecule has 2 heterocycles. The molecule has 4 nitrogen and oxygen atoms in total. The van der Waals surface area contributed by atoms with Crippen molar-refractivity contribution in [1.82, 2.24) is 5.32 Å². The van der Waals surface area contributed by atoms with E-state index in [1.54, 1.807) is 0 Å². The number of rotatable bonds is 4. The summed E-state index contributed by atoms with van der Waals surface area (Å²) in [4.78, 5) is 25.1. The predicted octanol–water partition coefficient (Wildman–Crippen LogP) is 3.75. The molecule has 0 saturated carbocycles. The minimum Gasteiger partial charge on any atom is -0.369 e. The van der Waals surface area contributed by atoms with Gasteiger partial charge in [-0.05, 0) is 43.6 Å². The van der Waals surface area contributed by atoms with Crippen molar-refractivity contribution in [2.75, 3.05) is 18.0 Å². The first-order valence-electron chi connectivity index (χ1n) is 9.42. The van der Waals surface area contributed by atoms with Crippen molar-refractivity contribution in [3.05, 3.63) is 29.3 Å². The highest BCUT2D eigenvalue weighted by Crippen LogP contribution is 2.34. The van der Waals surface area contributed by atoms with Gasteiger partial charge in [-0.1, -0.05) is 13.8 Å². The first-order chi connectivity index (χ1) is 12.3. The van der Waals surface area contributed by atoms with Gasteiger partial charge in [-0.3, -0.25) is 14.9 Å². The van der Waals surface area contributed by atoms with Gasteiger partial charge in [-0.15, -0.1) is 0 Å². The molecule has 0 radical (unpaired) electrons. The Labute approximate surface area is 152 Å². The van der Waals surface area contributed by atoms with E-state index in [4.69, 9.17) is 0 Å². The van der Waals surface area contributed by atoms with Crippen molar-refractivity contribution in [3.8, 4) is 0 Å². The zero-order chi connectivity index (χ0) is 18.8. The maximum absolute atomic E-state index is 14.7. The van der Waals surface area contributed by atoms with E-state index >= 15 is 0 Å². The molecule has 0 bridgehead atoms. The minimum absolute atomic E-state index is 0.0333. The summed E-state index contributed by atoms with van der Waals surface area (Å²) in [6, 6.07) is 2.34. The minimum atomic E-state index is -0.812. The third kappa shape index (κ3) is 4.05. The van der Waals surface area contributed by atoms with Crippen molar-refractivity contribution in [1.29, 1.82) is 0 Å². The lowest BCUT2D eigenvalue weighted by molar-refractivity contribution is -0.134. The molecule has 1 N–H and O–H groups in total. The Bertz CT molecular complexity index is 697. The van der Waals surface area contributed by atoms with Crippen LogP contribution in [-0.4, -0.2) is 24.9 Å². The number of carbonyl (C=O) groups is 2. The topological polar surface area (TPSA) is 49.4 Å². The summed E-state index contributed by atoms with van der Waals surface area (Å²) in [7, 11) is 0. The lowest BCUT2D eigenvalue weighted by Gasteiger charge is -2.34. The SMILES string of the molecule is CC(C)CC1CCN(c2cc(F)c(C3CCC(=O)NC3=O)cc2F)CC1. The zero-order valence-electron chi connectivity index (χ0n) is 15.4. The van der Waals surface area contributed by atoms with Gasteiger partial charge in [-0.2, -0.15) is 0 Å². The molecule has 0 aliphatic carbocycles. The molecule has 0 aromatic heterocycles. The Morgan fingerprint density at radius 3 is 2.42 bits per heavy atom. The van der Waals surface area contributed by atoms with Crippen LogP contribution in [0, 0.1) is 23.5 Å². The molecule has 3 rings (SSSR count). The monoisotopic (exact) mass is 364 g/mol. The summed E-state index contributed by atoms with van der Waals surface area (Å²) in [5, 5.41) is 2.20. The van der Waals surface area contributed by atoms with Crippen LogP contribution in [0.5, 0.6) is 0 Å². The highest BCUT2D eigenvalue weighted by atomic mass is 19.1. The second kappa shape index (κ2) is 7.72. The Balaban J connectivity index is 1.74. The van der Waals surface area contributed by atoms with E-state index in [9.17, 15) is 18.4 Å². The number of anilines is 1. The molecule has 1 atom stereocenters. The molecule has 26 heavy (non-hydrogen) atoms. The maximum Gasteiger partial charge on any atom is 0.234 e. The number of hydrogen-bond donors (Lipinski definition) is 1. The number of carbonyl (C=O) groups excluding carboxylic acids is 2. The molecule has 142 valence electrons. The van der Waals surface area contributed by atoms with Gasteiger partial charge in [0.1, 0.15) is 11.6 Å². The van der Waals surface area contributed by atoms with Gasteiger partial charge < -0.3 is 4.90 Å². The number of imide groups is 1. The standard InChI is InChI=1S/C20H26F2N2O2/c1-12(2)9-13-5-7-24(8-6-13)18-11-16(21)15(10-17(18)22)14-3-4-19(25)23-20(14)26/h10-14H,3-9H2,1-2H3,(H,23,25,26). The Morgan fingerprint density at radius 1 is 1.12 bits per heavy atom. The summed E-state index contributed by atoms with van der Waals surface area (Å²) in [6.45, 7) is 5.83. The lowest BCUT2D eigenvalue weighted by Crippen LogP contribution is -2.40. The van der Waals surface area contributed by atoms with Gasteiger partial charge in [0, 0.05) is 31.1 Å². The predicted molar refractivity (Wildman–Crippen MR) is 95.9 cm³/mol. The average Bonchev–Trinajstić information content (AvgIpc) is 2.57. The van der Waals surface area contributed by atoms with Crippen LogP contribution in [0.2, 0.25) is 0 Å². The molecular weight excluding hydrogens is 338 g/mol. The zero-order valence-corrected chi connectivity index (χ0v) is 15.4. The van der Waals surface area contributed by atoms with E-state index in [0.29, 0.717) is 24.9 Å². The van der Waals surface area contributed by atoms with Crippen LogP contribution in [0.4, 0.5) is 14.5 Å². The van der Waals surface area contributed by atoms with E-state index in [2.05, 4.69) is 19.2 Å². The fourth-order valence-electron chi connectivity index (χ4n) is 4.13. The van der Waals surface area contributed by atoms with E-state index < -0.39 is 23.5 Å². The average molecular weight is 364 g/mol. The normalized spacial score (nSPS) is 22.0. The van der Waals surface area contributed by atoms with Gasteiger partial charge >= 0.3 is 0 Å². The number of halogens is 2. The summed E-state index contributed by atoms with van der Waals surface area (Å²) in [5.74, 6) is -1.54. The van der Waals surface area contributed by atoms with Gasteiger partial charge in [0.05, 0.1) is 11.6 Å². The number of amides is 2. The maximum atomic E-state index is 14.7. The van der Waals surface area contributed by atoms with Crippen LogP contribution in [0.3, 0.4) is 0 Å². The van der Waals surface area contributed by atoms with Crippen LogP contribution in [-0.2, 0) is 9.59 Å². The van der Waals surface area contributed by atoms with Crippen LogP contribution < -0.4 is 10.2 Å². The van der Waals surface area contributed by atoms with Crippen molar-refractivity contribution in [2.24, 2.45) is 11.8 Å². The highest BCUT2D eigenvalue weighted by Gasteiger charge is 2.31. The summed E-state index contributed by atoms with van der Waals surface area (Å²) >= 11 is 0. The fraction of sp³-hybridized carbons (Fsp3) is 0.600. The third-order valence-electron chi connectivity index (χ3n) is 5.44. The van der Waals surface area contributed by atoms with E-state index in [-0.39, 0.29) is 30.0 Å². The second-order valence-corrected chi connectivity index (χ2v) is 7.89. The van der Waals surface area contributed by atoms with Crippen molar-refractivity contribution < 1.29 is 18.4 Å². The quantitative estimate of drug-likeness (QED) is 0.828. The number of piperidine rings is 2. The summed E-state index contributed by atoms with van der Waals surface area (Å²) < 4.78 is 29.3. The van der Waals surface area contributed by atoms with Crippen molar-refractivity contribution in [3.63, 3.8) is 0 Å². The molecule has 2 fully saturated rings. The molecule has 1 unspecified atom stereocenters. The molecule has 1 aromatic carbocycles. The molecule has 2 aliphatic heterocycles. The van der Waals surface area contributed by atoms with E-state index in [1.807, 2.05) is 4.90 Å². The van der Waals surface area contributed by atoms with E-state index in [1.165, 1.54) is 12.5 Å². The van der Waals surface area contributed by atoms with Crippen molar-refractivity contribution in [2.45, 2.75) is 51.9 Å². The number of nitrogens with one attached hydrogen (secondary N) is 1. The molecule has 2 aliphatic rings. The van der Waals surface area contributed by atoms with Crippen LogP contribution in [0.25, 0.3) is 0 Å². The third-order valence-corrected chi connectivity index (χ3v) is 5.44. The smallest absolute Gasteiger partial charge is 0.234 e. The number of hydrogen-bond acceptors (Lipinski definition) is 3. The molecular formula is C20H26F2N2O2. The second-order valence-electron chi connectivity index (χ2n) is 7.89. The molecule has 2 saturated heterocycles. The molecule has 0 spiro atoms. The largest absolute Gasteiger partial charge is 0.369 e. The number of nitrogens with zero attached hydrogens (tertiary/aromatic N) is 1. The Hall–Kier alpha value is -1.98. The van der Waals surface area contributed by atoms with E-state index in [0.717, 1.165) is 18.9 Å². The Kier molecular flexibility index (Phi) is 5.58. The van der Waals surface area contributed by atoms with Gasteiger partial charge in [0.25, 0.3) is 0 Å². The Morgan fingerprint density at radius 2 is 1.81 bits per heavy atom. The van der Waals surface area contributed by atoms with Gasteiger partial charge in [-0.25, -0.2) is 8.78 Å². The fourth-order valence-corrected chi connectivity index (χ4v) is 4.13. The highest BCUT2D eigenvalue weighted by molar-refractivity contribution is 6.01. The molecule has 1 aromatic rings. The summed E-state index contributed by atoms with van der Waals surface area (Å²) in [5.41, 5.74) is 0.299. The summed E-state index contributed by atoms with van der Waals surface area (Å²) in [6.07, 6.45) is 3.48. The van der Waals surface area contributed by atoms with Crippen LogP contribution >= 0.6 is 0 Å². The van der Waals surface area contributed by atoms with Gasteiger partial charge in [0.2, 0.25) is 11.8 Å². The molecule has 6 heteroatoms. The first kappa shape index (κ1) is 18.8.